The third kappa shape index (κ3) is 4.48. The largest absolute Gasteiger partial charge is 0.493 e. The van der Waals surface area contributed by atoms with Crippen molar-refractivity contribution >= 4 is 28.9 Å². The monoisotopic (exact) mass is 388 g/mol. The summed E-state index contributed by atoms with van der Waals surface area (Å²) in [5.41, 5.74) is 2.33. The fourth-order valence-corrected chi connectivity index (χ4v) is 3.56. The summed E-state index contributed by atoms with van der Waals surface area (Å²) < 4.78 is 10.5. The van der Waals surface area contributed by atoms with E-state index in [2.05, 4.69) is 17.1 Å². The summed E-state index contributed by atoms with van der Waals surface area (Å²) in [7, 11) is 3.02. The molecule has 0 saturated carbocycles. The zero-order valence-corrected chi connectivity index (χ0v) is 16.7. The summed E-state index contributed by atoms with van der Waals surface area (Å²) in [6.45, 7) is 4.46. The number of ether oxygens (including phenoxy) is 2. The van der Waals surface area contributed by atoms with Gasteiger partial charge in [0.05, 0.1) is 19.2 Å². The normalized spacial score (nSPS) is 14.7. The Morgan fingerprint density at radius 1 is 1.11 bits per heavy atom. The van der Waals surface area contributed by atoms with E-state index in [-0.39, 0.29) is 5.91 Å². The molecule has 2 aromatic rings. The Morgan fingerprint density at radius 2 is 1.78 bits per heavy atom. The molecule has 1 fully saturated rings. The summed E-state index contributed by atoms with van der Waals surface area (Å²) in [4.78, 5) is 15.0. The van der Waals surface area contributed by atoms with Gasteiger partial charge in [0.2, 0.25) is 0 Å². The minimum atomic E-state index is -0.252. The lowest BCUT2D eigenvalue weighted by Crippen LogP contribution is -2.32. The summed E-state index contributed by atoms with van der Waals surface area (Å²) in [5, 5.41) is 3.23. The second-order valence-corrected chi connectivity index (χ2v) is 7.27. The average molecular weight is 389 g/mol. The van der Waals surface area contributed by atoms with Crippen LogP contribution in [0.15, 0.2) is 36.4 Å². The van der Waals surface area contributed by atoms with Crippen LogP contribution in [0.25, 0.3) is 0 Å². The Labute approximate surface area is 165 Å². The second-order valence-electron chi connectivity index (χ2n) is 6.86. The Hall–Kier alpha value is -2.40. The molecule has 27 heavy (non-hydrogen) atoms. The average Bonchev–Trinajstić information content (AvgIpc) is 2.68. The Kier molecular flexibility index (Phi) is 6.11. The van der Waals surface area contributed by atoms with Crippen LogP contribution < -0.4 is 19.7 Å². The lowest BCUT2D eigenvalue weighted by atomic mass is 9.99. The molecule has 0 spiro atoms. The van der Waals surface area contributed by atoms with Crippen LogP contribution >= 0.6 is 11.6 Å². The molecule has 0 aromatic heterocycles. The first-order chi connectivity index (χ1) is 13.0. The molecule has 1 saturated heterocycles. The van der Waals surface area contributed by atoms with E-state index in [9.17, 15) is 4.79 Å². The number of nitrogens with one attached hydrogen (secondary N) is 1. The Bertz CT molecular complexity index is 800. The van der Waals surface area contributed by atoms with E-state index in [0.29, 0.717) is 22.1 Å². The topological polar surface area (TPSA) is 50.8 Å². The summed E-state index contributed by atoms with van der Waals surface area (Å²) in [6, 6.07) is 11.1. The molecule has 1 aliphatic rings. The van der Waals surface area contributed by atoms with E-state index >= 15 is 0 Å². The maximum absolute atomic E-state index is 12.6. The molecule has 1 amide bonds. The van der Waals surface area contributed by atoms with Crippen LogP contribution in [-0.4, -0.2) is 33.2 Å². The molecule has 3 rings (SSSR count). The van der Waals surface area contributed by atoms with E-state index in [4.69, 9.17) is 21.1 Å². The first-order valence-corrected chi connectivity index (χ1v) is 9.47. The van der Waals surface area contributed by atoms with E-state index < -0.39 is 0 Å². The van der Waals surface area contributed by atoms with Gasteiger partial charge in [-0.15, -0.1) is 0 Å². The number of methoxy groups -OCH3 is 2. The van der Waals surface area contributed by atoms with Crippen molar-refractivity contribution in [3.05, 3.63) is 47.0 Å². The predicted molar refractivity (Wildman–Crippen MR) is 110 cm³/mol. The van der Waals surface area contributed by atoms with Gasteiger partial charge in [0.1, 0.15) is 0 Å². The molecule has 0 bridgehead atoms. The van der Waals surface area contributed by atoms with Crippen molar-refractivity contribution in [2.75, 3.05) is 37.5 Å². The maximum Gasteiger partial charge on any atom is 0.255 e. The van der Waals surface area contributed by atoms with Crippen molar-refractivity contribution in [1.29, 1.82) is 0 Å². The fraction of sp³-hybridized carbons (Fsp3) is 0.381. The van der Waals surface area contributed by atoms with Crippen molar-refractivity contribution in [2.24, 2.45) is 5.92 Å². The van der Waals surface area contributed by atoms with Gasteiger partial charge in [0.15, 0.2) is 11.5 Å². The molecule has 0 aliphatic carbocycles. The predicted octanol–water partition coefficient (Wildman–Crippen LogP) is 4.85. The zero-order chi connectivity index (χ0) is 19.4. The number of benzene rings is 2. The number of carbonyl (C=O) groups excluding carboxylic acids is 1. The van der Waals surface area contributed by atoms with Gasteiger partial charge in [-0.2, -0.15) is 0 Å². The van der Waals surface area contributed by atoms with Crippen LogP contribution in [0.4, 0.5) is 11.4 Å². The second kappa shape index (κ2) is 8.53. The van der Waals surface area contributed by atoms with Gasteiger partial charge in [0, 0.05) is 30.0 Å². The number of halogens is 1. The SMILES string of the molecule is COc1cc(C(=O)Nc2ccc(N3CCC(C)CC3)cc2)cc(Cl)c1OC. The highest BCUT2D eigenvalue weighted by Crippen LogP contribution is 2.36. The number of piperidine rings is 1. The van der Waals surface area contributed by atoms with Crippen molar-refractivity contribution in [3.8, 4) is 11.5 Å². The standard InChI is InChI=1S/C21H25ClN2O3/c1-14-8-10-24(11-9-14)17-6-4-16(5-7-17)23-21(25)15-12-18(22)20(27-3)19(13-15)26-2/h4-7,12-14H,8-11H2,1-3H3,(H,23,25). The number of amides is 1. The number of nitrogens with zero attached hydrogens (tertiary/aromatic N) is 1. The third-order valence-electron chi connectivity index (χ3n) is 4.97. The molecule has 144 valence electrons. The van der Waals surface area contributed by atoms with Gasteiger partial charge < -0.3 is 19.7 Å². The molecule has 1 N–H and O–H groups in total. The van der Waals surface area contributed by atoms with Crippen molar-refractivity contribution < 1.29 is 14.3 Å². The summed E-state index contributed by atoms with van der Waals surface area (Å²) in [6.07, 6.45) is 2.44. The molecule has 1 aliphatic heterocycles. The van der Waals surface area contributed by atoms with E-state index in [1.165, 1.54) is 32.7 Å². The Balaban J connectivity index is 1.70. The number of carbonyl (C=O) groups is 1. The maximum atomic E-state index is 12.6. The molecule has 2 aromatic carbocycles. The van der Waals surface area contributed by atoms with Gasteiger partial charge in [-0.05, 0) is 55.2 Å². The van der Waals surface area contributed by atoms with Gasteiger partial charge in [-0.1, -0.05) is 18.5 Å². The van der Waals surface area contributed by atoms with Crippen LogP contribution in [0.3, 0.4) is 0 Å². The van der Waals surface area contributed by atoms with Gasteiger partial charge >= 0.3 is 0 Å². The lowest BCUT2D eigenvalue weighted by Gasteiger charge is -2.32. The zero-order valence-electron chi connectivity index (χ0n) is 15.9. The first kappa shape index (κ1) is 19.4. The third-order valence-corrected chi connectivity index (χ3v) is 5.25. The van der Waals surface area contributed by atoms with Gasteiger partial charge in [0.25, 0.3) is 5.91 Å². The molecule has 5 nitrogen and oxygen atoms in total. The number of anilines is 2. The van der Waals surface area contributed by atoms with Gasteiger partial charge in [-0.3, -0.25) is 4.79 Å². The van der Waals surface area contributed by atoms with Crippen LogP contribution in [0.2, 0.25) is 5.02 Å². The van der Waals surface area contributed by atoms with Crippen molar-refractivity contribution in [2.45, 2.75) is 19.8 Å². The van der Waals surface area contributed by atoms with Crippen LogP contribution in [0.5, 0.6) is 11.5 Å². The Morgan fingerprint density at radius 3 is 2.37 bits per heavy atom. The number of rotatable bonds is 5. The van der Waals surface area contributed by atoms with E-state index in [1.54, 1.807) is 12.1 Å². The minimum Gasteiger partial charge on any atom is -0.493 e. The molecular weight excluding hydrogens is 364 g/mol. The highest BCUT2D eigenvalue weighted by Gasteiger charge is 2.17. The van der Waals surface area contributed by atoms with Crippen LogP contribution in [0.1, 0.15) is 30.1 Å². The van der Waals surface area contributed by atoms with Gasteiger partial charge in [-0.25, -0.2) is 0 Å². The highest BCUT2D eigenvalue weighted by molar-refractivity contribution is 6.32. The highest BCUT2D eigenvalue weighted by atomic mass is 35.5. The number of hydrogen-bond donors (Lipinski definition) is 1. The lowest BCUT2D eigenvalue weighted by molar-refractivity contribution is 0.102. The van der Waals surface area contributed by atoms with Crippen molar-refractivity contribution in [3.63, 3.8) is 0 Å². The van der Waals surface area contributed by atoms with Crippen LogP contribution in [-0.2, 0) is 0 Å². The molecular formula is C21H25ClN2O3. The fourth-order valence-electron chi connectivity index (χ4n) is 3.27. The van der Waals surface area contributed by atoms with E-state index in [1.807, 2.05) is 24.3 Å². The quantitative estimate of drug-likeness (QED) is 0.795. The molecule has 0 radical (unpaired) electrons. The molecule has 0 unspecified atom stereocenters. The molecule has 0 atom stereocenters. The molecule has 6 heteroatoms. The van der Waals surface area contributed by atoms with E-state index in [0.717, 1.165) is 24.7 Å². The first-order valence-electron chi connectivity index (χ1n) is 9.09. The van der Waals surface area contributed by atoms with Crippen LogP contribution in [0, 0.1) is 5.92 Å². The molecule has 1 heterocycles. The summed E-state index contributed by atoms with van der Waals surface area (Å²) in [5.74, 6) is 1.38. The minimum absolute atomic E-state index is 0.252. The van der Waals surface area contributed by atoms with Crippen molar-refractivity contribution in [1.82, 2.24) is 0 Å². The number of hydrogen-bond acceptors (Lipinski definition) is 4. The smallest absolute Gasteiger partial charge is 0.255 e. The summed E-state index contributed by atoms with van der Waals surface area (Å²) >= 11 is 6.19.